The van der Waals surface area contributed by atoms with Gasteiger partial charge in [0, 0.05) is 0 Å². The minimum Gasteiger partial charge on any atom is -0.227 e. The molecule has 0 saturated heterocycles. The van der Waals surface area contributed by atoms with E-state index in [2.05, 4.69) is 28.0 Å². The van der Waals surface area contributed by atoms with E-state index in [1.807, 2.05) is 0 Å². The van der Waals surface area contributed by atoms with Crippen LogP contribution in [-0.2, 0) is 10.7 Å². The zero-order chi connectivity index (χ0) is 10.8. The molecule has 1 heterocycles. The molecule has 0 radical (unpaired) electrons. The Labute approximate surface area is 92.3 Å². The molecule has 2 aromatic rings. The largest absolute Gasteiger partial charge is 0.228 e. The summed E-state index contributed by atoms with van der Waals surface area (Å²) in [5.41, 5.74) is 0.527. The second-order valence-electron chi connectivity index (χ2n) is 2.66. The summed E-state index contributed by atoms with van der Waals surface area (Å²) in [6, 6.07) is 6.24. The fourth-order valence-corrected chi connectivity index (χ4v) is 1.62. The van der Waals surface area contributed by atoms with Gasteiger partial charge in [-0.05, 0) is 23.4 Å². The van der Waals surface area contributed by atoms with Crippen LogP contribution in [-0.4, -0.2) is 28.6 Å². The lowest BCUT2D eigenvalue weighted by Crippen LogP contribution is -1.99. The van der Waals surface area contributed by atoms with Crippen LogP contribution in [0, 0.1) is 0 Å². The van der Waals surface area contributed by atoms with Crippen molar-refractivity contribution in [3.8, 4) is 5.69 Å². The third-order valence-electron chi connectivity index (χ3n) is 1.67. The van der Waals surface area contributed by atoms with E-state index in [9.17, 15) is 8.42 Å². The highest BCUT2D eigenvalue weighted by Gasteiger charge is 2.03. The summed E-state index contributed by atoms with van der Waals surface area (Å²) in [4.78, 5) is 1.42. The van der Waals surface area contributed by atoms with E-state index in [0.717, 1.165) is 0 Å². The van der Waals surface area contributed by atoms with Crippen LogP contribution >= 0.6 is 12.6 Å². The molecule has 8 heteroatoms. The Morgan fingerprint density at radius 2 is 2.13 bits per heavy atom. The molecule has 0 unspecified atom stereocenters. The van der Waals surface area contributed by atoms with Crippen LogP contribution in [0.3, 0.4) is 0 Å². The molecule has 0 bridgehead atoms. The van der Waals surface area contributed by atoms with Gasteiger partial charge >= 0.3 is 0 Å². The maximum Gasteiger partial charge on any atom is 0.228 e. The van der Waals surface area contributed by atoms with Gasteiger partial charge in [-0.1, -0.05) is 18.7 Å². The maximum atomic E-state index is 10.7. The SMILES string of the molecule is O=[SH](=O)c1cccc(-n2nnc(S)n2)c1. The van der Waals surface area contributed by atoms with Gasteiger partial charge in [0.15, 0.2) is 10.7 Å². The van der Waals surface area contributed by atoms with Crippen LogP contribution < -0.4 is 0 Å². The summed E-state index contributed by atoms with van der Waals surface area (Å²) in [7, 11) is -2.60. The molecule has 1 aromatic carbocycles. The molecule has 0 fully saturated rings. The zero-order valence-electron chi connectivity index (χ0n) is 7.31. The highest BCUT2D eigenvalue weighted by atomic mass is 32.2. The standard InChI is InChI=1S/C7H6N4O2S2/c12-15(13)6-3-1-2-5(4-6)11-9-7(14)8-10-11/h1-4,15H,(H,9,14). The van der Waals surface area contributed by atoms with Crippen molar-refractivity contribution in [2.24, 2.45) is 0 Å². The molecule has 0 saturated carbocycles. The Kier molecular flexibility index (Phi) is 2.69. The van der Waals surface area contributed by atoms with Crippen molar-refractivity contribution >= 4 is 23.3 Å². The van der Waals surface area contributed by atoms with Gasteiger partial charge in [0.05, 0.1) is 10.6 Å². The van der Waals surface area contributed by atoms with Gasteiger partial charge in [0.1, 0.15) is 0 Å². The topological polar surface area (TPSA) is 77.7 Å². The van der Waals surface area contributed by atoms with E-state index in [1.165, 1.54) is 16.9 Å². The van der Waals surface area contributed by atoms with Crippen molar-refractivity contribution in [2.75, 3.05) is 0 Å². The lowest BCUT2D eigenvalue weighted by atomic mass is 10.3. The predicted octanol–water partition coefficient (Wildman–Crippen LogP) is -0.0787. The number of nitrogens with zero attached hydrogens (tertiary/aromatic N) is 4. The molecule has 0 spiro atoms. The first-order chi connectivity index (χ1) is 7.16. The molecule has 1 aromatic heterocycles. The van der Waals surface area contributed by atoms with Crippen LogP contribution in [0.1, 0.15) is 0 Å². The monoisotopic (exact) mass is 242 g/mol. The number of aromatic nitrogens is 4. The number of benzene rings is 1. The van der Waals surface area contributed by atoms with Crippen LogP contribution in [0.15, 0.2) is 34.3 Å². The quantitative estimate of drug-likeness (QED) is 0.720. The Morgan fingerprint density at radius 3 is 2.73 bits per heavy atom. The molecular formula is C7H6N4O2S2. The van der Waals surface area contributed by atoms with Crippen molar-refractivity contribution in [3.63, 3.8) is 0 Å². The highest BCUT2D eigenvalue weighted by Crippen LogP contribution is 2.09. The van der Waals surface area contributed by atoms with Gasteiger partial charge in [0.25, 0.3) is 0 Å². The molecule has 0 aliphatic carbocycles. The summed E-state index contributed by atoms with van der Waals surface area (Å²) in [5, 5.41) is 11.3. The fraction of sp³-hybridized carbons (Fsp3) is 0. The molecule has 0 aliphatic heterocycles. The van der Waals surface area contributed by atoms with E-state index < -0.39 is 10.7 Å². The average Bonchev–Trinajstić information content (AvgIpc) is 2.65. The van der Waals surface area contributed by atoms with E-state index in [1.54, 1.807) is 12.1 Å². The molecule has 0 atom stereocenters. The molecule has 78 valence electrons. The number of tetrazole rings is 1. The van der Waals surface area contributed by atoms with Crippen molar-refractivity contribution in [3.05, 3.63) is 24.3 Å². The first-order valence-corrected chi connectivity index (χ1v) is 5.53. The Morgan fingerprint density at radius 1 is 1.33 bits per heavy atom. The Balaban J connectivity index is 2.49. The van der Waals surface area contributed by atoms with E-state index >= 15 is 0 Å². The third-order valence-corrected chi connectivity index (χ3v) is 2.55. The van der Waals surface area contributed by atoms with Gasteiger partial charge in [-0.2, -0.15) is 0 Å². The van der Waals surface area contributed by atoms with Crippen LogP contribution in [0.5, 0.6) is 0 Å². The molecule has 0 aliphatic rings. The van der Waals surface area contributed by atoms with Crippen molar-refractivity contribution in [1.82, 2.24) is 20.2 Å². The second-order valence-corrected chi connectivity index (χ2v) is 4.09. The first-order valence-electron chi connectivity index (χ1n) is 3.90. The van der Waals surface area contributed by atoms with Crippen LogP contribution in [0.25, 0.3) is 5.69 Å². The molecule has 0 amide bonds. The van der Waals surface area contributed by atoms with Crippen molar-refractivity contribution in [2.45, 2.75) is 10.1 Å². The molecule has 6 nitrogen and oxygen atoms in total. The van der Waals surface area contributed by atoms with Crippen molar-refractivity contribution < 1.29 is 8.42 Å². The summed E-state index contributed by atoms with van der Waals surface area (Å²) in [6.07, 6.45) is 0. The third kappa shape index (κ3) is 2.16. The summed E-state index contributed by atoms with van der Waals surface area (Å²) < 4.78 is 21.5. The summed E-state index contributed by atoms with van der Waals surface area (Å²) in [6.45, 7) is 0. The Hall–Kier alpha value is -1.41. The van der Waals surface area contributed by atoms with E-state index in [-0.39, 0.29) is 10.1 Å². The first kappa shape index (κ1) is 10.1. The molecule has 0 N–H and O–H groups in total. The minimum absolute atomic E-state index is 0.209. The highest BCUT2D eigenvalue weighted by molar-refractivity contribution is 7.80. The minimum atomic E-state index is -2.60. The zero-order valence-corrected chi connectivity index (χ0v) is 9.10. The lowest BCUT2D eigenvalue weighted by molar-refractivity contribution is 0.614. The number of thiol groups is 2. The van der Waals surface area contributed by atoms with Gasteiger partial charge in [-0.15, -0.1) is 15.0 Å². The summed E-state index contributed by atoms with van der Waals surface area (Å²) in [5.74, 6) is 0. The van der Waals surface area contributed by atoms with E-state index in [4.69, 9.17) is 0 Å². The number of hydrogen-bond donors (Lipinski definition) is 2. The predicted molar refractivity (Wildman–Crippen MR) is 55.0 cm³/mol. The smallest absolute Gasteiger partial charge is 0.227 e. The second kappa shape index (κ2) is 3.99. The normalized spacial score (nSPS) is 10.8. The average molecular weight is 242 g/mol. The fourth-order valence-electron chi connectivity index (χ4n) is 1.05. The van der Waals surface area contributed by atoms with Crippen LogP contribution in [0.4, 0.5) is 0 Å². The lowest BCUT2D eigenvalue weighted by Gasteiger charge is -1.97. The van der Waals surface area contributed by atoms with Gasteiger partial charge in [0.2, 0.25) is 5.16 Å². The maximum absolute atomic E-state index is 10.7. The number of rotatable bonds is 2. The van der Waals surface area contributed by atoms with Gasteiger partial charge < -0.3 is 0 Å². The Bertz CT molecular complexity index is 556. The number of hydrogen-bond acceptors (Lipinski definition) is 6. The van der Waals surface area contributed by atoms with Crippen LogP contribution in [0.2, 0.25) is 0 Å². The summed E-state index contributed by atoms with van der Waals surface area (Å²) >= 11 is 3.90. The van der Waals surface area contributed by atoms with Gasteiger partial charge in [-0.3, -0.25) is 0 Å². The molecule has 15 heavy (non-hydrogen) atoms. The van der Waals surface area contributed by atoms with Gasteiger partial charge in [-0.25, -0.2) is 8.42 Å². The van der Waals surface area contributed by atoms with Crippen molar-refractivity contribution in [1.29, 1.82) is 0 Å². The molecular weight excluding hydrogens is 236 g/mol. The van der Waals surface area contributed by atoms with E-state index in [0.29, 0.717) is 5.69 Å². The molecule has 2 rings (SSSR count).